The van der Waals surface area contributed by atoms with Gasteiger partial charge in [0.1, 0.15) is 5.03 Å². The Kier molecular flexibility index (Phi) is 3.38. The summed E-state index contributed by atoms with van der Waals surface area (Å²) in [5.41, 5.74) is 0.687. The molecule has 0 bridgehead atoms. The van der Waals surface area contributed by atoms with E-state index in [9.17, 15) is 13.2 Å². The van der Waals surface area contributed by atoms with Gasteiger partial charge in [-0.2, -0.15) is 18.4 Å². The summed E-state index contributed by atoms with van der Waals surface area (Å²) in [6.07, 6.45) is -3.72. The molecule has 0 aliphatic rings. The molecule has 0 saturated carbocycles. The van der Waals surface area contributed by atoms with Gasteiger partial charge in [0.2, 0.25) is 0 Å². The maximum Gasteiger partial charge on any atom is 0.426 e. The third kappa shape index (κ3) is 3.30. The molecule has 0 N–H and O–H groups in total. The lowest BCUT2D eigenvalue weighted by Crippen LogP contribution is -2.06. The Labute approximate surface area is 89.4 Å². The van der Waals surface area contributed by atoms with E-state index < -0.39 is 11.2 Å². The highest BCUT2D eigenvalue weighted by molar-refractivity contribution is 6.32. The van der Waals surface area contributed by atoms with Gasteiger partial charge in [0, 0.05) is 0 Å². The maximum atomic E-state index is 12.0. The van der Waals surface area contributed by atoms with Gasteiger partial charge in [-0.25, -0.2) is 0 Å². The Morgan fingerprint density at radius 2 is 1.80 bits per heavy atom. The van der Waals surface area contributed by atoms with E-state index in [0.29, 0.717) is 11.1 Å². The lowest BCUT2D eigenvalue weighted by atomic mass is 10.1. The number of hydrogen-bond donors (Lipinski definition) is 0. The van der Waals surface area contributed by atoms with Crippen LogP contribution in [-0.4, -0.2) is 6.18 Å². The zero-order valence-electron chi connectivity index (χ0n) is 7.35. The SMILES string of the molecule is N#Cc1ccc(/C=C(\Cl)C(F)(F)F)cc1. The van der Waals surface area contributed by atoms with E-state index in [1.165, 1.54) is 24.3 Å². The topological polar surface area (TPSA) is 23.8 Å². The fraction of sp³-hybridized carbons (Fsp3) is 0.100. The van der Waals surface area contributed by atoms with Crippen LogP contribution in [0.15, 0.2) is 29.3 Å². The number of hydrogen-bond acceptors (Lipinski definition) is 1. The molecule has 0 saturated heterocycles. The number of nitrogens with zero attached hydrogens (tertiary/aromatic N) is 1. The predicted molar refractivity (Wildman–Crippen MR) is 51.0 cm³/mol. The summed E-state index contributed by atoms with van der Waals surface area (Å²) in [5, 5.41) is 7.28. The average molecular weight is 232 g/mol. The van der Waals surface area contributed by atoms with Gasteiger partial charge in [0.25, 0.3) is 0 Å². The molecule has 0 fully saturated rings. The zero-order valence-corrected chi connectivity index (χ0v) is 8.10. The normalized spacial score (nSPS) is 12.3. The van der Waals surface area contributed by atoms with Gasteiger partial charge < -0.3 is 0 Å². The standard InChI is InChI=1S/C10H5ClF3N/c11-9(10(12,13)14)5-7-1-3-8(6-15)4-2-7/h1-5H/b9-5-. The van der Waals surface area contributed by atoms with Crippen LogP contribution < -0.4 is 0 Å². The van der Waals surface area contributed by atoms with Crippen molar-refractivity contribution in [1.29, 1.82) is 5.26 Å². The van der Waals surface area contributed by atoms with Crippen LogP contribution in [0.3, 0.4) is 0 Å². The molecule has 15 heavy (non-hydrogen) atoms. The fourth-order valence-electron chi connectivity index (χ4n) is 0.882. The summed E-state index contributed by atoms with van der Waals surface area (Å²) in [6, 6.07) is 7.50. The van der Waals surface area contributed by atoms with Crippen molar-refractivity contribution in [3.05, 3.63) is 40.4 Å². The van der Waals surface area contributed by atoms with Crippen LogP contribution in [0.5, 0.6) is 0 Å². The summed E-state index contributed by atoms with van der Waals surface area (Å²) < 4.78 is 36.1. The number of halogens is 4. The van der Waals surface area contributed by atoms with E-state index in [4.69, 9.17) is 16.9 Å². The number of allylic oxidation sites excluding steroid dienone is 1. The molecule has 0 aromatic heterocycles. The minimum Gasteiger partial charge on any atom is -0.192 e. The van der Waals surface area contributed by atoms with Crippen LogP contribution in [-0.2, 0) is 0 Å². The molecule has 78 valence electrons. The third-order valence-electron chi connectivity index (χ3n) is 1.60. The fourth-order valence-corrected chi connectivity index (χ4v) is 1.01. The molecule has 0 unspecified atom stereocenters. The van der Waals surface area contributed by atoms with E-state index >= 15 is 0 Å². The van der Waals surface area contributed by atoms with E-state index in [-0.39, 0.29) is 0 Å². The van der Waals surface area contributed by atoms with Gasteiger partial charge in [0.15, 0.2) is 0 Å². The smallest absolute Gasteiger partial charge is 0.192 e. The molecular formula is C10H5ClF3N. The first kappa shape index (κ1) is 11.6. The van der Waals surface area contributed by atoms with E-state index in [1.807, 2.05) is 6.07 Å². The molecule has 1 nitrogen and oxygen atoms in total. The highest BCUT2D eigenvalue weighted by Gasteiger charge is 2.32. The largest absolute Gasteiger partial charge is 0.426 e. The first-order chi connectivity index (χ1) is 6.93. The van der Waals surface area contributed by atoms with Crippen LogP contribution in [0.25, 0.3) is 6.08 Å². The van der Waals surface area contributed by atoms with Crippen LogP contribution in [0.2, 0.25) is 0 Å². The summed E-state index contributed by atoms with van der Waals surface area (Å²) in [6.45, 7) is 0. The zero-order chi connectivity index (χ0) is 11.5. The first-order valence-electron chi connectivity index (χ1n) is 3.88. The second-order valence-corrected chi connectivity index (χ2v) is 3.13. The Morgan fingerprint density at radius 1 is 1.27 bits per heavy atom. The van der Waals surface area contributed by atoms with Crippen LogP contribution in [0.4, 0.5) is 13.2 Å². The van der Waals surface area contributed by atoms with Crippen molar-refractivity contribution in [1.82, 2.24) is 0 Å². The Bertz CT molecular complexity index is 412. The molecule has 0 amide bonds. The van der Waals surface area contributed by atoms with Crippen LogP contribution in [0.1, 0.15) is 11.1 Å². The highest BCUT2D eigenvalue weighted by Crippen LogP contribution is 2.30. The van der Waals surface area contributed by atoms with Gasteiger partial charge in [-0.05, 0) is 23.8 Å². The maximum absolute atomic E-state index is 12.0. The first-order valence-corrected chi connectivity index (χ1v) is 4.26. The average Bonchev–Trinajstić information content (AvgIpc) is 2.17. The van der Waals surface area contributed by atoms with Gasteiger partial charge >= 0.3 is 6.18 Å². The minimum absolute atomic E-state index is 0.302. The quantitative estimate of drug-likeness (QED) is 0.723. The highest BCUT2D eigenvalue weighted by atomic mass is 35.5. The molecule has 0 heterocycles. The lowest BCUT2D eigenvalue weighted by Gasteiger charge is -2.03. The van der Waals surface area contributed by atoms with Crippen molar-refractivity contribution in [3.63, 3.8) is 0 Å². The van der Waals surface area contributed by atoms with E-state index in [2.05, 4.69) is 0 Å². The summed E-state index contributed by atoms with van der Waals surface area (Å²) >= 11 is 5.04. The molecule has 0 aliphatic heterocycles. The summed E-state index contributed by atoms with van der Waals surface area (Å²) in [5.74, 6) is 0. The van der Waals surface area contributed by atoms with Crippen LogP contribution >= 0.6 is 11.6 Å². The molecule has 0 atom stereocenters. The van der Waals surface area contributed by atoms with E-state index in [0.717, 1.165) is 6.08 Å². The Morgan fingerprint density at radius 3 is 2.20 bits per heavy atom. The molecule has 1 aromatic rings. The van der Waals surface area contributed by atoms with Crippen LogP contribution in [0, 0.1) is 11.3 Å². The molecule has 0 radical (unpaired) electrons. The van der Waals surface area contributed by atoms with Gasteiger partial charge in [-0.1, -0.05) is 23.7 Å². The van der Waals surface area contributed by atoms with Crippen molar-refractivity contribution in [2.24, 2.45) is 0 Å². The van der Waals surface area contributed by atoms with Crippen molar-refractivity contribution in [2.45, 2.75) is 6.18 Å². The number of rotatable bonds is 1. The van der Waals surface area contributed by atoms with Crippen molar-refractivity contribution >= 4 is 17.7 Å². The molecule has 1 aromatic carbocycles. The second kappa shape index (κ2) is 4.37. The monoisotopic (exact) mass is 231 g/mol. The number of alkyl halides is 3. The van der Waals surface area contributed by atoms with E-state index in [1.54, 1.807) is 0 Å². The molecule has 0 spiro atoms. The third-order valence-corrected chi connectivity index (χ3v) is 1.93. The minimum atomic E-state index is -4.53. The second-order valence-electron chi connectivity index (χ2n) is 2.72. The molecule has 0 aliphatic carbocycles. The van der Waals surface area contributed by atoms with Crippen molar-refractivity contribution in [3.8, 4) is 6.07 Å². The molecule has 1 rings (SSSR count). The van der Waals surface area contributed by atoms with Crippen molar-refractivity contribution < 1.29 is 13.2 Å². The van der Waals surface area contributed by atoms with Gasteiger partial charge in [-0.15, -0.1) is 0 Å². The number of benzene rings is 1. The van der Waals surface area contributed by atoms with Gasteiger partial charge in [-0.3, -0.25) is 0 Å². The van der Waals surface area contributed by atoms with Gasteiger partial charge in [0.05, 0.1) is 11.6 Å². The predicted octanol–water partition coefficient (Wildman–Crippen LogP) is 3.70. The summed E-state index contributed by atoms with van der Waals surface area (Å²) in [7, 11) is 0. The van der Waals surface area contributed by atoms with Crippen molar-refractivity contribution in [2.75, 3.05) is 0 Å². The summed E-state index contributed by atoms with van der Waals surface area (Å²) in [4.78, 5) is 0. The molecular weight excluding hydrogens is 227 g/mol. The Balaban J connectivity index is 2.96. The lowest BCUT2D eigenvalue weighted by molar-refractivity contribution is -0.0836. The number of nitriles is 1. The molecule has 5 heteroatoms. The Hall–Kier alpha value is -1.47.